The lowest BCUT2D eigenvalue weighted by atomic mass is 10.1. The van der Waals surface area contributed by atoms with Crippen LogP contribution in [-0.4, -0.2) is 37.6 Å². The third kappa shape index (κ3) is 5.45. The normalized spacial score (nSPS) is 11.6. The van der Waals surface area contributed by atoms with Gasteiger partial charge < -0.3 is 14.6 Å². The maximum absolute atomic E-state index is 13.2. The van der Waals surface area contributed by atoms with Crippen molar-refractivity contribution in [3.63, 3.8) is 0 Å². The Bertz CT molecular complexity index is 1650. The quantitative estimate of drug-likeness (QED) is 0.269. The van der Waals surface area contributed by atoms with Crippen LogP contribution in [0, 0.1) is 6.92 Å². The summed E-state index contributed by atoms with van der Waals surface area (Å²) < 4.78 is 41.3. The Hall–Kier alpha value is -4.73. The smallest absolute Gasteiger partial charge is 0.416 e. The largest absolute Gasteiger partial charge is 0.475 e. The van der Waals surface area contributed by atoms with Crippen LogP contribution in [0.1, 0.15) is 32.9 Å². The fraction of sp³-hybridized carbons (Fsp3) is 0.172. The number of carboxylic acid groups (broad SMARTS) is 1. The molecule has 0 saturated carbocycles. The Morgan fingerprint density at radius 3 is 2.28 bits per heavy atom. The number of aromatic carboxylic acids is 1. The molecule has 0 fully saturated rings. The SMILES string of the molecule is Cc1cccc(-c2nc3nc(C(=O)O)nc(N(C)Cc4ccccc4)c3n2Cc2ccc(C(F)(F)F)cc2)c1. The zero-order valence-corrected chi connectivity index (χ0v) is 21.1. The third-order valence-corrected chi connectivity index (χ3v) is 6.30. The molecule has 0 aliphatic carbocycles. The average Bonchev–Trinajstić information content (AvgIpc) is 3.26. The summed E-state index contributed by atoms with van der Waals surface area (Å²) in [5.41, 5.74) is 3.26. The van der Waals surface area contributed by atoms with Crippen molar-refractivity contribution in [1.29, 1.82) is 0 Å². The number of rotatable bonds is 7. The van der Waals surface area contributed by atoms with E-state index in [2.05, 4.69) is 9.97 Å². The minimum absolute atomic E-state index is 0.167. The molecule has 0 radical (unpaired) electrons. The highest BCUT2D eigenvalue weighted by atomic mass is 19.4. The van der Waals surface area contributed by atoms with E-state index in [0.717, 1.165) is 28.8 Å². The number of hydrogen-bond donors (Lipinski definition) is 1. The summed E-state index contributed by atoms with van der Waals surface area (Å²) in [4.78, 5) is 27.0. The number of imidazole rings is 1. The van der Waals surface area contributed by atoms with E-state index in [9.17, 15) is 23.1 Å². The van der Waals surface area contributed by atoms with E-state index in [1.807, 2.05) is 71.0 Å². The second-order valence-electron chi connectivity index (χ2n) is 9.28. The van der Waals surface area contributed by atoms with Crippen LogP contribution in [0.25, 0.3) is 22.6 Å². The molecule has 0 bridgehead atoms. The molecule has 0 spiro atoms. The molecule has 2 heterocycles. The fourth-order valence-corrected chi connectivity index (χ4v) is 4.45. The lowest BCUT2D eigenvalue weighted by Crippen LogP contribution is -2.21. The summed E-state index contributed by atoms with van der Waals surface area (Å²) in [6.07, 6.45) is -4.44. The van der Waals surface area contributed by atoms with E-state index in [4.69, 9.17) is 4.98 Å². The number of carboxylic acids is 1. The molecule has 0 aliphatic rings. The van der Waals surface area contributed by atoms with Crippen LogP contribution >= 0.6 is 0 Å². The highest BCUT2D eigenvalue weighted by Gasteiger charge is 2.30. The molecule has 0 aliphatic heterocycles. The lowest BCUT2D eigenvalue weighted by molar-refractivity contribution is -0.137. The number of nitrogens with zero attached hydrogens (tertiary/aromatic N) is 5. The third-order valence-electron chi connectivity index (χ3n) is 6.30. The molecule has 0 amide bonds. The van der Waals surface area contributed by atoms with E-state index in [0.29, 0.717) is 29.3 Å². The van der Waals surface area contributed by atoms with Gasteiger partial charge in [0, 0.05) is 25.7 Å². The Kier molecular flexibility index (Phi) is 6.78. The molecule has 5 aromatic rings. The number of anilines is 1. The van der Waals surface area contributed by atoms with E-state index < -0.39 is 23.5 Å². The van der Waals surface area contributed by atoms with Gasteiger partial charge >= 0.3 is 12.1 Å². The van der Waals surface area contributed by atoms with Crippen LogP contribution in [0.4, 0.5) is 19.0 Å². The van der Waals surface area contributed by atoms with Gasteiger partial charge in [-0.15, -0.1) is 0 Å². The Morgan fingerprint density at radius 2 is 1.64 bits per heavy atom. The van der Waals surface area contributed by atoms with Gasteiger partial charge in [0.05, 0.1) is 5.56 Å². The van der Waals surface area contributed by atoms with Crippen molar-refractivity contribution >= 4 is 23.0 Å². The van der Waals surface area contributed by atoms with Crippen molar-refractivity contribution in [1.82, 2.24) is 19.5 Å². The Labute approximate surface area is 222 Å². The van der Waals surface area contributed by atoms with Gasteiger partial charge in [-0.25, -0.2) is 19.7 Å². The molecule has 7 nitrogen and oxygen atoms in total. The van der Waals surface area contributed by atoms with Crippen molar-refractivity contribution in [3.8, 4) is 11.4 Å². The molecule has 0 unspecified atom stereocenters. The van der Waals surface area contributed by atoms with E-state index in [1.165, 1.54) is 12.1 Å². The maximum atomic E-state index is 13.2. The van der Waals surface area contributed by atoms with Crippen LogP contribution in [0.15, 0.2) is 78.9 Å². The molecule has 3 aromatic carbocycles. The molecule has 0 atom stereocenters. The highest BCUT2D eigenvalue weighted by molar-refractivity contribution is 5.92. The fourth-order valence-electron chi connectivity index (χ4n) is 4.45. The van der Waals surface area contributed by atoms with Gasteiger partial charge in [0.1, 0.15) is 11.3 Å². The molecule has 2 aromatic heterocycles. The van der Waals surface area contributed by atoms with Gasteiger partial charge in [-0.3, -0.25) is 0 Å². The summed E-state index contributed by atoms with van der Waals surface area (Å²) in [6, 6.07) is 22.2. The van der Waals surface area contributed by atoms with Crippen LogP contribution in [0.3, 0.4) is 0 Å². The summed E-state index contributed by atoms with van der Waals surface area (Å²) in [5, 5.41) is 9.73. The molecule has 0 saturated heterocycles. The van der Waals surface area contributed by atoms with E-state index in [1.54, 1.807) is 7.05 Å². The summed E-state index contributed by atoms with van der Waals surface area (Å²) >= 11 is 0. The van der Waals surface area contributed by atoms with E-state index in [-0.39, 0.29) is 12.2 Å². The summed E-state index contributed by atoms with van der Waals surface area (Å²) in [5.74, 6) is -0.840. The number of carbonyl (C=O) groups is 1. The van der Waals surface area contributed by atoms with Gasteiger partial charge in [-0.2, -0.15) is 13.2 Å². The van der Waals surface area contributed by atoms with Gasteiger partial charge in [-0.1, -0.05) is 66.2 Å². The van der Waals surface area contributed by atoms with Crippen molar-refractivity contribution < 1.29 is 23.1 Å². The predicted molar refractivity (Wildman–Crippen MR) is 142 cm³/mol. The molecule has 1 N–H and O–H groups in total. The van der Waals surface area contributed by atoms with Crippen LogP contribution in [0.2, 0.25) is 0 Å². The molecule has 5 rings (SSSR count). The number of aromatic nitrogens is 4. The van der Waals surface area contributed by atoms with Crippen molar-refractivity contribution in [2.75, 3.05) is 11.9 Å². The predicted octanol–water partition coefficient (Wildman–Crippen LogP) is 6.20. The number of halogens is 3. The van der Waals surface area contributed by atoms with Crippen molar-refractivity contribution in [2.45, 2.75) is 26.2 Å². The Balaban J connectivity index is 1.71. The zero-order chi connectivity index (χ0) is 27.7. The molecule has 10 heteroatoms. The van der Waals surface area contributed by atoms with Crippen molar-refractivity contribution in [2.24, 2.45) is 0 Å². The van der Waals surface area contributed by atoms with E-state index >= 15 is 0 Å². The Morgan fingerprint density at radius 1 is 0.923 bits per heavy atom. The second-order valence-corrected chi connectivity index (χ2v) is 9.28. The topological polar surface area (TPSA) is 84.1 Å². The first-order valence-electron chi connectivity index (χ1n) is 12.1. The molecular formula is C29H24F3N5O2. The van der Waals surface area contributed by atoms with Crippen LogP contribution in [0.5, 0.6) is 0 Å². The maximum Gasteiger partial charge on any atom is 0.416 e. The molecule has 39 heavy (non-hydrogen) atoms. The van der Waals surface area contributed by atoms with Crippen LogP contribution < -0.4 is 4.90 Å². The first-order valence-corrected chi connectivity index (χ1v) is 12.1. The summed E-state index contributed by atoms with van der Waals surface area (Å²) in [6.45, 7) is 2.53. The summed E-state index contributed by atoms with van der Waals surface area (Å²) in [7, 11) is 1.79. The van der Waals surface area contributed by atoms with Gasteiger partial charge in [0.25, 0.3) is 0 Å². The first kappa shape index (κ1) is 25.9. The molecular weight excluding hydrogens is 507 g/mol. The number of fused-ring (bicyclic) bond motifs is 1. The van der Waals surface area contributed by atoms with Crippen LogP contribution in [-0.2, 0) is 19.3 Å². The second kappa shape index (κ2) is 10.2. The van der Waals surface area contributed by atoms with Gasteiger partial charge in [0.15, 0.2) is 11.5 Å². The number of hydrogen-bond acceptors (Lipinski definition) is 5. The highest BCUT2D eigenvalue weighted by Crippen LogP contribution is 2.33. The average molecular weight is 532 g/mol. The first-order chi connectivity index (χ1) is 18.6. The van der Waals surface area contributed by atoms with Gasteiger partial charge in [-0.05, 0) is 36.2 Å². The van der Waals surface area contributed by atoms with Gasteiger partial charge in [0.2, 0.25) is 5.82 Å². The minimum Gasteiger partial charge on any atom is -0.475 e. The standard InChI is InChI=1S/C29H24F3N5O2/c1-18-7-6-10-21(15-18)26-34-24-23(37(26)17-20-11-13-22(14-12-20)29(30,31)32)27(35-25(33-24)28(38)39)36(2)16-19-8-4-3-5-9-19/h3-15H,16-17H2,1-2H3,(H,38,39). The number of benzene rings is 3. The monoisotopic (exact) mass is 531 g/mol. The minimum atomic E-state index is -4.44. The number of alkyl halides is 3. The van der Waals surface area contributed by atoms with Crippen molar-refractivity contribution in [3.05, 3.63) is 107 Å². The lowest BCUT2D eigenvalue weighted by Gasteiger charge is -2.21. The number of aryl methyl sites for hydroxylation is 1. The molecule has 198 valence electrons. The zero-order valence-electron chi connectivity index (χ0n) is 21.1.